The maximum Gasteiger partial charge on any atom is 0.305 e. The van der Waals surface area contributed by atoms with Crippen molar-refractivity contribution in [3.63, 3.8) is 0 Å². The number of hydrogen-bond donors (Lipinski definition) is 1. The highest BCUT2D eigenvalue weighted by molar-refractivity contribution is 5.69. The number of ether oxygens (including phenoxy) is 1. The van der Waals surface area contributed by atoms with Crippen molar-refractivity contribution in [2.75, 3.05) is 12.3 Å². The van der Waals surface area contributed by atoms with Gasteiger partial charge >= 0.3 is 5.97 Å². The summed E-state index contributed by atoms with van der Waals surface area (Å²) in [4.78, 5) is 11.0. The van der Waals surface area contributed by atoms with E-state index in [2.05, 4.69) is 5.10 Å². The molecule has 0 unspecified atom stereocenters. The van der Waals surface area contributed by atoms with Crippen molar-refractivity contribution >= 4 is 11.8 Å². The molecule has 2 N–H and O–H groups in total. The van der Waals surface area contributed by atoms with Crippen LogP contribution in [0.15, 0.2) is 6.20 Å². The molecule has 0 atom stereocenters. The summed E-state index contributed by atoms with van der Waals surface area (Å²) in [7, 11) is 0. The van der Waals surface area contributed by atoms with Gasteiger partial charge in [-0.3, -0.25) is 9.48 Å². The Labute approximate surface area is 89.2 Å². The van der Waals surface area contributed by atoms with Crippen LogP contribution in [-0.4, -0.2) is 22.4 Å². The lowest BCUT2D eigenvalue weighted by molar-refractivity contribution is -0.143. The molecule has 0 aromatic carbocycles. The highest BCUT2D eigenvalue weighted by atomic mass is 16.5. The van der Waals surface area contributed by atoms with Crippen molar-refractivity contribution in [1.82, 2.24) is 9.78 Å². The molecule has 0 saturated heterocycles. The normalized spacial score (nSPS) is 10.3. The minimum absolute atomic E-state index is 0.158. The number of nitrogens with zero attached hydrogens (tertiary/aromatic N) is 2. The zero-order chi connectivity index (χ0) is 11.3. The van der Waals surface area contributed by atoms with Gasteiger partial charge in [0.05, 0.1) is 6.61 Å². The Morgan fingerprint density at radius 1 is 1.67 bits per heavy atom. The van der Waals surface area contributed by atoms with Crippen LogP contribution >= 0.6 is 0 Å². The van der Waals surface area contributed by atoms with Crippen molar-refractivity contribution in [2.24, 2.45) is 0 Å². The standard InChI is InChI=1S/C10H17N3O2/c1-3-15-9(14)5-4-6-13-7-8(2)10(11)12-13/h7H,3-6H2,1-2H3,(H2,11,12). The average Bonchev–Trinajstić information content (AvgIpc) is 2.46. The summed E-state index contributed by atoms with van der Waals surface area (Å²) >= 11 is 0. The third-order valence-corrected chi connectivity index (χ3v) is 2.06. The van der Waals surface area contributed by atoms with Crippen LogP contribution in [0.3, 0.4) is 0 Å². The first kappa shape index (κ1) is 11.6. The molecule has 0 aliphatic heterocycles. The van der Waals surface area contributed by atoms with E-state index in [1.807, 2.05) is 13.1 Å². The van der Waals surface area contributed by atoms with Gasteiger partial charge in [0.15, 0.2) is 0 Å². The van der Waals surface area contributed by atoms with E-state index in [-0.39, 0.29) is 5.97 Å². The first-order chi connectivity index (χ1) is 7.13. The Kier molecular flexibility index (Phi) is 4.15. The molecule has 5 heteroatoms. The molecular formula is C10H17N3O2. The second-order valence-electron chi connectivity index (χ2n) is 3.37. The topological polar surface area (TPSA) is 70.1 Å². The van der Waals surface area contributed by atoms with E-state index in [0.717, 1.165) is 12.0 Å². The SMILES string of the molecule is CCOC(=O)CCCn1cc(C)c(N)n1. The zero-order valence-electron chi connectivity index (χ0n) is 9.19. The van der Waals surface area contributed by atoms with Crippen molar-refractivity contribution in [3.05, 3.63) is 11.8 Å². The number of aromatic nitrogens is 2. The number of nitrogen functional groups attached to an aromatic ring is 1. The number of carbonyl (C=O) groups is 1. The zero-order valence-corrected chi connectivity index (χ0v) is 9.19. The number of hydrogen-bond acceptors (Lipinski definition) is 4. The first-order valence-electron chi connectivity index (χ1n) is 5.08. The Morgan fingerprint density at radius 3 is 2.93 bits per heavy atom. The lowest BCUT2D eigenvalue weighted by atomic mass is 10.3. The Hall–Kier alpha value is -1.52. The van der Waals surface area contributed by atoms with Crippen LogP contribution in [-0.2, 0) is 16.1 Å². The average molecular weight is 211 g/mol. The van der Waals surface area contributed by atoms with E-state index in [1.54, 1.807) is 11.6 Å². The smallest absolute Gasteiger partial charge is 0.305 e. The van der Waals surface area contributed by atoms with Crippen LogP contribution < -0.4 is 5.73 Å². The number of esters is 1. The summed E-state index contributed by atoms with van der Waals surface area (Å²) in [5.41, 5.74) is 6.56. The molecule has 0 spiro atoms. The fourth-order valence-electron chi connectivity index (χ4n) is 1.27. The molecule has 0 saturated carbocycles. The van der Waals surface area contributed by atoms with Gasteiger partial charge in [-0.05, 0) is 20.3 Å². The van der Waals surface area contributed by atoms with Gasteiger partial charge < -0.3 is 10.5 Å². The summed E-state index contributed by atoms with van der Waals surface area (Å²) in [6.07, 6.45) is 3.02. The number of rotatable bonds is 5. The highest BCUT2D eigenvalue weighted by Crippen LogP contribution is 2.07. The largest absolute Gasteiger partial charge is 0.466 e. The molecule has 1 aromatic rings. The quantitative estimate of drug-likeness (QED) is 0.741. The Bertz CT molecular complexity index is 314. The number of nitrogens with two attached hydrogens (primary N) is 1. The number of aryl methyl sites for hydroxylation is 2. The van der Waals surface area contributed by atoms with Gasteiger partial charge in [0.1, 0.15) is 5.82 Å². The van der Waals surface area contributed by atoms with Gasteiger partial charge in [0.25, 0.3) is 0 Å². The third-order valence-electron chi connectivity index (χ3n) is 2.06. The minimum Gasteiger partial charge on any atom is -0.466 e. The van der Waals surface area contributed by atoms with E-state index in [1.165, 1.54) is 0 Å². The molecule has 0 fully saturated rings. The van der Waals surface area contributed by atoms with E-state index in [4.69, 9.17) is 10.5 Å². The summed E-state index contributed by atoms with van der Waals surface area (Å²) in [6, 6.07) is 0. The molecule has 5 nitrogen and oxygen atoms in total. The number of carbonyl (C=O) groups excluding carboxylic acids is 1. The fourth-order valence-corrected chi connectivity index (χ4v) is 1.27. The molecule has 15 heavy (non-hydrogen) atoms. The minimum atomic E-state index is -0.158. The van der Waals surface area contributed by atoms with E-state index < -0.39 is 0 Å². The highest BCUT2D eigenvalue weighted by Gasteiger charge is 2.03. The Morgan fingerprint density at radius 2 is 2.40 bits per heavy atom. The van der Waals surface area contributed by atoms with E-state index in [9.17, 15) is 4.79 Å². The van der Waals surface area contributed by atoms with Crippen LogP contribution in [0, 0.1) is 6.92 Å². The van der Waals surface area contributed by atoms with Gasteiger partial charge in [-0.1, -0.05) is 0 Å². The van der Waals surface area contributed by atoms with Crippen LogP contribution in [0.1, 0.15) is 25.3 Å². The van der Waals surface area contributed by atoms with E-state index >= 15 is 0 Å². The molecular weight excluding hydrogens is 194 g/mol. The molecule has 0 aliphatic carbocycles. The van der Waals surface area contributed by atoms with Gasteiger partial charge in [0.2, 0.25) is 0 Å². The predicted molar refractivity (Wildman–Crippen MR) is 57.2 cm³/mol. The lowest BCUT2D eigenvalue weighted by Gasteiger charge is -2.01. The van der Waals surface area contributed by atoms with Gasteiger partial charge in [-0.15, -0.1) is 0 Å². The second-order valence-corrected chi connectivity index (χ2v) is 3.37. The van der Waals surface area contributed by atoms with Crippen molar-refractivity contribution < 1.29 is 9.53 Å². The van der Waals surface area contributed by atoms with Crippen molar-refractivity contribution in [3.8, 4) is 0 Å². The molecule has 0 radical (unpaired) electrons. The van der Waals surface area contributed by atoms with Crippen molar-refractivity contribution in [1.29, 1.82) is 0 Å². The van der Waals surface area contributed by atoms with Gasteiger partial charge in [0, 0.05) is 24.7 Å². The van der Waals surface area contributed by atoms with Crippen LogP contribution in [0.25, 0.3) is 0 Å². The Balaban J connectivity index is 2.28. The van der Waals surface area contributed by atoms with Crippen molar-refractivity contribution in [2.45, 2.75) is 33.2 Å². The van der Waals surface area contributed by atoms with Crippen LogP contribution in [0.5, 0.6) is 0 Å². The monoisotopic (exact) mass is 211 g/mol. The van der Waals surface area contributed by atoms with Crippen LogP contribution in [0.2, 0.25) is 0 Å². The second kappa shape index (κ2) is 5.38. The third kappa shape index (κ3) is 3.61. The van der Waals surface area contributed by atoms with E-state index in [0.29, 0.717) is 25.4 Å². The first-order valence-corrected chi connectivity index (χ1v) is 5.08. The summed E-state index contributed by atoms with van der Waals surface area (Å²) in [5.74, 6) is 0.389. The maximum atomic E-state index is 11.0. The number of anilines is 1. The van der Waals surface area contributed by atoms with Crippen LogP contribution in [0.4, 0.5) is 5.82 Å². The summed E-state index contributed by atoms with van der Waals surface area (Å²) < 4.78 is 6.57. The summed E-state index contributed by atoms with van der Waals surface area (Å²) in [5, 5.41) is 4.10. The molecule has 1 aromatic heterocycles. The molecule has 0 amide bonds. The fraction of sp³-hybridized carbons (Fsp3) is 0.600. The molecule has 1 heterocycles. The molecule has 0 bridgehead atoms. The summed E-state index contributed by atoms with van der Waals surface area (Å²) in [6.45, 7) is 4.84. The molecule has 84 valence electrons. The van der Waals surface area contributed by atoms with Gasteiger partial charge in [-0.25, -0.2) is 0 Å². The molecule has 1 rings (SSSR count). The predicted octanol–water partition coefficient (Wildman–Crippen LogP) is 1.12. The maximum absolute atomic E-state index is 11.0. The van der Waals surface area contributed by atoms with Gasteiger partial charge in [-0.2, -0.15) is 5.10 Å². The molecule has 0 aliphatic rings. The lowest BCUT2D eigenvalue weighted by Crippen LogP contribution is -2.06.